The summed E-state index contributed by atoms with van der Waals surface area (Å²) in [6.45, 7) is 4.21. The zero-order valence-electron chi connectivity index (χ0n) is 42.3. The van der Waals surface area contributed by atoms with E-state index in [1.54, 1.807) is 0 Å². The molecule has 3 atom stereocenters. The van der Waals surface area contributed by atoms with Gasteiger partial charge in [0.1, 0.15) is 6.10 Å². The predicted molar refractivity (Wildman–Crippen MR) is 273 cm³/mol. The molecule has 0 aliphatic carbocycles. The second-order valence-electron chi connectivity index (χ2n) is 19.9. The number of nitrogens with one attached hydrogen (secondary N) is 1. The molecule has 0 aromatic rings. The molecule has 62 heavy (non-hydrogen) atoms. The molecular weight excluding hydrogens is 763 g/mol. The van der Waals surface area contributed by atoms with Crippen molar-refractivity contribution in [2.24, 2.45) is 0 Å². The van der Waals surface area contributed by atoms with E-state index in [-0.39, 0.29) is 12.5 Å². The van der Waals surface area contributed by atoms with E-state index in [0.29, 0.717) is 12.8 Å². The normalized spacial score (nSPS) is 13.3. The maximum Gasteiger partial charge on any atom is 0.220 e. The van der Waals surface area contributed by atoms with Crippen molar-refractivity contribution in [3.63, 3.8) is 0 Å². The molecule has 0 radical (unpaired) electrons. The Bertz CT molecular complexity index is 879. The van der Waals surface area contributed by atoms with Gasteiger partial charge in [-0.1, -0.05) is 289 Å². The minimum absolute atomic E-state index is 0.146. The quantitative estimate of drug-likeness (QED) is 0.0362. The third kappa shape index (κ3) is 47.1. The minimum atomic E-state index is -1.16. The first kappa shape index (κ1) is 61.1. The van der Waals surface area contributed by atoms with Gasteiger partial charge >= 0.3 is 0 Å². The van der Waals surface area contributed by atoms with Crippen molar-refractivity contribution in [1.29, 1.82) is 0 Å². The first-order chi connectivity index (χ1) is 30.6. The molecule has 0 aromatic carbocycles. The third-order valence-corrected chi connectivity index (χ3v) is 13.6. The summed E-state index contributed by atoms with van der Waals surface area (Å²) in [5.41, 5.74) is 0. The fourth-order valence-electron chi connectivity index (χ4n) is 9.23. The second kappa shape index (κ2) is 52.7. The predicted octanol–water partition coefficient (Wildman–Crippen LogP) is 17.5. The Kier molecular flexibility index (Phi) is 51.9. The molecule has 0 heterocycles. The molecule has 3 unspecified atom stereocenters. The van der Waals surface area contributed by atoms with E-state index in [0.717, 1.165) is 38.5 Å². The summed E-state index contributed by atoms with van der Waals surface area (Å²) in [4.78, 5) is 12.5. The summed E-state index contributed by atoms with van der Waals surface area (Å²) in [5.74, 6) is -0.146. The third-order valence-electron chi connectivity index (χ3n) is 13.6. The molecule has 5 nitrogen and oxygen atoms in total. The second-order valence-corrected chi connectivity index (χ2v) is 19.9. The number of aliphatic hydroxyl groups is 3. The first-order valence-electron chi connectivity index (χ1n) is 28.5. The number of carbonyl (C=O) groups excluding carboxylic acids is 1. The van der Waals surface area contributed by atoms with Gasteiger partial charge in [-0.05, 0) is 38.5 Å². The summed E-state index contributed by atoms with van der Waals surface area (Å²) in [6.07, 6.45) is 65.2. The zero-order chi connectivity index (χ0) is 45.1. The van der Waals surface area contributed by atoms with Crippen LogP contribution in [0.15, 0.2) is 12.2 Å². The monoisotopic (exact) mass is 876 g/mol. The first-order valence-corrected chi connectivity index (χ1v) is 28.5. The highest BCUT2D eigenvalue weighted by molar-refractivity contribution is 5.76. The molecule has 5 heteroatoms. The SMILES string of the molecule is CCCCCCCCCCCCCCCCCC/C=C/CCCC(O)C(O)C(CO)NC(=O)CCCCCCCCCCCCCCCCCCCCCCCCCCCCC. The van der Waals surface area contributed by atoms with E-state index >= 15 is 0 Å². The molecule has 1 amide bonds. The van der Waals surface area contributed by atoms with Crippen LogP contribution in [0.25, 0.3) is 0 Å². The van der Waals surface area contributed by atoms with Gasteiger partial charge < -0.3 is 20.6 Å². The van der Waals surface area contributed by atoms with Crippen molar-refractivity contribution < 1.29 is 20.1 Å². The van der Waals surface area contributed by atoms with Crippen molar-refractivity contribution >= 4 is 5.91 Å². The molecule has 0 saturated carbocycles. The van der Waals surface area contributed by atoms with E-state index in [1.165, 1.54) is 257 Å². The van der Waals surface area contributed by atoms with Crippen LogP contribution >= 0.6 is 0 Å². The van der Waals surface area contributed by atoms with Crippen molar-refractivity contribution in [2.75, 3.05) is 6.61 Å². The Morgan fingerprint density at radius 3 is 0.935 bits per heavy atom. The van der Waals surface area contributed by atoms with Crippen molar-refractivity contribution in [2.45, 2.75) is 340 Å². The van der Waals surface area contributed by atoms with Gasteiger partial charge in [0, 0.05) is 6.42 Å². The number of allylic oxidation sites excluding steroid dienone is 2. The molecule has 370 valence electrons. The highest BCUT2D eigenvalue weighted by atomic mass is 16.3. The Balaban J connectivity index is 3.52. The number of carbonyl (C=O) groups is 1. The maximum atomic E-state index is 12.5. The molecule has 0 aliphatic heterocycles. The van der Waals surface area contributed by atoms with E-state index in [9.17, 15) is 20.1 Å². The highest BCUT2D eigenvalue weighted by Gasteiger charge is 2.26. The van der Waals surface area contributed by atoms with Crippen LogP contribution in [-0.2, 0) is 4.79 Å². The average Bonchev–Trinajstić information content (AvgIpc) is 3.28. The maximum absolute atomic E-state index is 12.5. The fraction of sp³-hybridized carbons (Fsp3) is 0.947. The van der Waals surface area contributed by atoms with Crippen LogP contribution in [0.4, 0.5) is 0 Å². The van der Waals surface area contributed by atoms with Gasteiger partial charge in [-0.25, -0.2) is 0 Å². The molecule has 0 rings (SSSR count). The van der Waals surface area contributed by atoms with Gasteiger partial charge in [-0.2, -0.15) is 0 Å². The molecule has 0 fully saturated rings. The van der Waals surface area contributed by atoms with Crippen LogP contribution < -0.4 is 5.32 Å². The molecule has 0 bridgehead atoms. The minimum Gasteiger partial charge on any atom is -0.394 e. The van der Waals surface area contributed by atoms with Crippen molar-refractivity contribution in [3.8, 4) is 0 Å². The highest BCUT2D eigenvalue weighted by Crippen LogP contribution is 2.18. The van der Waals surface area contributed by atoms with Gasteiger partial charge in [0.05, 0.1) is 18.8 Å². The summed E-state index contributed by atoms with van der Waals surface area (Å²) in [5, 5.41) is 33.7. The van der Waals surface area contributed by atoms with Crippen LogP contribution in [0, 0.1) is 0 Å². The number of hydrogen-bond donors (Lipinski definition) is 4. The van der Waals surface area contributed by atoms with E-state index < -0.39 is 18.2 Å². The Labute approximate surface area is 389 Å². The molecule has 0 saturated heterocycles. The van der Waals surface area contributed by atoms with Crippen LogP contribution in [0.2, 0.25) is 0 Å². The summed E-state index contributed by atoms with van der Waals surface area (Å²) in [6, 6.07) is -0.822. The molecule has 4 N–H and O–H groups in total. The fourth-order valence-corrected chi connectivity index (χ4v) is 9.23. The summed E-state index contributed by atoms with van der Waals surface area (Å²) < 4.78 is 0. The average molecular weight is 877 g/mol. The van der Waals surface area contributed by atoms with Crippen LogP contribution in [0.1, 0.15) is 322 Å². The van der Waals surface area contributed by atoms with E-state index in [1.807, 2.05) is 0 Å². The molecule has 0 aromatic heterocycles. The lowest BCUT2D eigenvalue weighted by Crippen LogP contribution is -2.50. The largest absolute Gasteiger partial charge is 0.394 e. The zero-order valence-corrected chi connectivity index (χ0v) is 42.3. The Morgan fingerprint density at radius 1 is 0.387 bits per heavy atom. The lowest BCUT2D eigenvalue weighted by Gasteiger charge is -2.26. The van der Waals surface area contributed by atoms with Crippen molar-refractivity contribution in [1.82, 2.24) is 5.32 Å². The molecule has 0 spiro atoms. The van der Waals surface area contributed by atoms with Crippen LogP contribution in [0.3, 0.4) is 0 Å². The van der Waals surface area contributed by atoms with Gasteiger partial charge in [-0.3, -0.25) is 4.79 Å². The number of rotatable bonds is 53. The smallest absolute Gasteiger partial charge is 0.220 e. The van der Waals surface area contributed by atoms with E-state index in [2.05, 4.69) is 31.3 Å². The van der Waals surface area contributed by atoms with Gasteiger partial charge in [0.2, 0.25) is 5.91 Å². The Morgan fingerprint density at radius 2 is 0.645 bits per heavy atom. The summed E-state index contributed by atoms with van der Waals surface area (Å²) >= 11 is 0. The number of unbranched alkanes of at least 4 members (excludes halogenated alkanes) is 43. The number of amides is 1. The lowest BCUT2D eigenvalue weighted by atomic mass is 10.0. The van der Waals surface area contributed by atoms with Gasteiger partial charge in [0.25, 0.3) is 0 Å². The number of hydrogen-bond acceptors (Lipinski definition) is 4. The van der Waals surface area contributed by atoms with Gasteiger partial charge in [-0.15, -0.1) is 0 Å². The van der Waals surface area contributed by atoms with Crippen LogP contribution in [-0.4, -0.2) is 46.1 Å². The Hall–Kier alpha value is -0.910. The summed E-state index contributed by atoms with van der Waals surface area (Å²) in [7, 11) is 0. The number of aliphatic hydroxyl groups excluding tert-OH is 3. The lowest BCUT2D eigenvalue weighted by molar-refractivity contribution is -0.124. The standard InChI is InChI=1S/C57H113NO4/c1-3-5-7-9-11-13-15-17-19-21-23-25-26-27-28-29-30-32-34-36-38-40-42-44-46-48-50-52-56(61)58-54(53-59)57(62)55(60)51-49-47-45-43-41-39-37-35-33-31-24-22-20-18-16-14-12-10-8-6-4-2/h43,45,54-55,57,59-60,62H,3-42,44,46-53H2,1-2H3,(H,58,61)/b45-43+. The van der Waals surface area contributed by atoms with Crippen LogP contribution in [0.5, 0.6) is 0 Å². The molecule has 0 aliphatic rings. The molecular formula is C57H113NO4. The van der Waals surface area contributed by atoms with E-state index in [4.69, 9.17) is 0 Å². The topological polar surface area (TPSA) is 89.8 Å². The van der Waals surface area contributed by atoms with Crippen molar-refractivity contribution in [3.05, 3.63) is 12.2 Å². The van der Waals surface area contributed by atoms with Gasteiger partial charge in [0.15, 0.2) is 0 Å².